The van der Waals surface area contributed by atoms with Gasteiger partial charge in [0, 0.05) is 35.1 Å². The molecule has 2 atom stereocenters. The average molecular weight is 450 g/mol. The van der Waals surface area contributed by atoms with Crippen LogP contribution in [0.5, 0.6) is 0 Å². The summed E-state index contributed by atoms with van der Waals surface area (Å²) in [6.45, 7) is 2.17. The minimum Gasteiger partial charge on any atom is -0.258 e. The molecule has 0 saturated heterocycles. The summed E-state index contributed by atoms with van der Waals surface area (Å²) in [5, 5.41) is 22.5. The number of hydrogen-bond acceptors (Lipinski definition) is 4. The normalized spacial score (nSPS) is 21.1. The van der Waals surface area contributed by atoms with E-state index in [0.717, 1.165) is 27.8 Å². The lowest BCUT2D eigenvalue weighted by atomic mass is 9.67. The second kappa shape index (κ2) is 7.92. The zero-order chi connectivity index (χ0) is 23.9. The highest BCUT2D eigenvalue weighted by molar-refractivity contribution is 5.63. The second-order valence-corrected chi connectivity index (χ2v) is 8.93. The number of nitrogens with zero attached hydrogens (tertiary/aromatic N) is 2. The van der Waals surface area contributed by atoms with Crippen molar-refractivity contribution < 1.29 is 9.85 Å². The van der Waals surface area contributed by atoms with Crippen molar-refractivity contribution in [1.29, 1.82) is 0 Å². The highest BCUT2D eigenvalue weighted by atomic mass is 16.6. The van der Waals surface area contributed by atoms with Gasteiger partial charge in [0.1, 0.15) is 0 Å². The highest BCUT2D eigenvalue weighted by Gasteiger charge is 2.52. The summed E-state index contributed by atoms with van der Waals surface area (Å²) in [5.41, 5.74) is 4.49. The summed E-state index contributed by atoms with van der Waals surface area (Å²) in [4.78, 5) is 21.7. The molecule has 0 saturated carbocycles. The number of benzene rings is 4. The molecular weight excluding hydrogens is 428 g/mol. The molecule has 0 radical (unpaired) electrons. The quantitative estimate of drug-likeness (QED) is 0.255. The predicted octanol–water partition coefficient (Wildman–Crippen LogP) is 6.55. The Bertz CT molecular complexity index is 1380. The van der Waals surface area contributed by atoms with Crippen molar-refractivity contribution >= 4 is 11.4 Å². The fourth-order valence-corrected chi connectivity index (χ4v) is 5.54. The van der Waals surface area contributed by atoms with Crippen LogP contribution in [-0.2, 0) is 10.8 Å². The molecule has 0 spiro atoms. The van der Waals surface area contributed by atoms with Crippen molar-refractivity contribution in [3.05, 3.63) is 151 Å². The number of rotatable bonds is 5. The monoisotopic (exact) mass is 450 g/mol. The molecule has 34 heavy (non-hydrogen) atoms. The Morgan fingerprint density at radius 2 is 1.03 bits per heavy atom. The van der Waals surface area contributed by atoms with E-state index < -0.39 is 10.8 Å². The molecule has 1 aliphatic rings. The molecule has 4 aromatic carbocycles. The lowest BCUT2D eigenvalue weighted by Gasteiger charge is -2.35. The molecule has 0 amide bonds. The van der Waals surface area contributed by atoms with Gasteiger partial charge in [0.05, 0.1) is 9.85 Å². The van der Waals surface area contributed by atoms with Crippen LogP contribution in [0.25, 0.3) is 0 Å². The fourth-order valence-electron chi connectivity index (χ4n) is 5.54. The topological polar surface area (TPSA) is 86.3 Å². The maximum Gasteiger partial charge on any atom is 0.269 e. The number of nitro benzene ring substituents is 2. The standard InChI is InChI=1S/C28H22N2O4/c1-27(20-11-15-23(16-12-20)29(31)32)19-28(21-7-3-2-4-8-21,26-10-6-5-9-25(26)27)22-13-17-24(18-14-22)30(33)34/h2-18H,19H2,1H3. The second-order valence-electron chi connectivity index (χ2n) is 8.93. The maximum absolute atomic E-state index is 11.3. The van der Waals surface area contributed by atoms with Gasteiger partial charge in [0.15, 0.2) is 0 Å². The van der Waals surface area contributed by atoms with Gasteiger partial charge >= 0.3 is 0 Å². The summed E-state index contributed by atoms with van der Waals surface area (Å²) in [5.74, 6) is 0. The van der Waals surface area contributed by atoms with Gasteiger partial charge < -0.3 is 0 Å². The van der Waals surface area contributed by atoms with Gasteiger partial charge in [0.2, 0.25) is 0 Å². The molecular formula is C28H22N2O4. The molecule has 0 aliphatic heterocycles. The molecule has 0 bridgehead atoms. The highest BCUT2D eigenvalue weighted by Crippen LogP contribution is 2.58. The van der Waals surface area contributed by atoms with Gasteiger partial charge in [-0.1, -0.05) is 85.8 Å². The Balaban J connectivity index is 1.76. The largest absolute Gasteiger partial charge is 0.269 e. The van der Waals surface area contributed by atoms with Crippen LogP contribution in [0, 0.1) is 20.2 Å². The van der Waals surface area contributed by atoms with Crippen molar-refractivity contribution in [2.24, 2.45) is 0 Å². The van der Waals surface area contributed by atoms with Crippen LogP contribution < -0.4 is 0 Å². The van der Waals surface area contributed by atoms with Crippen LogP contribution in [0.3, 0.4) is 0 Å². The fraction of sp³-hybridized carbons (Fsp3) is 0.143. The van der Waals surface area contributed by atoms with Crippen LogP contribution >= 0.6 is 0 Å². The van der Waals surface area contributed by atoms with E-state index in [-0.39, 0.29) is 21.2 Å². The van der Waals surface area contributed by atoms with Gasteiger partial charge in [-0.15, -0.1) is 0 Å². The molecule has 6 heteroatoms. The van der Waals surface area contributed by atoms with E-state index in [1.807, 2.05) is 54.6 Å². The van der Waals surface area contributed by atoms with E-state index in [1.54, 1.807) is 24.3 Å². The molecule has 0 fully saturated rings. The SMILES string of the molecule is CC1(c2ccc([N+](=O)[O-])cc2)CC(c2ccccc2)(c2ccc([N+](=O)[O-])cc2)c2ccccc21. The Hall–Kier alpha value is -4.32. The average Bonchev–Trinajstić information content (AvgIpc) is 3.16. The van der Waals surface area contributed by atoms with Gasteiger partial charge in [-0.2, -0.15) is 0 Å². The van der Waals surface area contributed by atoms with Crippen LogP contribution in [0.1, 0.15) is 41.2 Å². The Morgan fingerprint density at radius 3 is 1.56 bits per heavy atom. The van der Waals surface area contributed by atoms with Gasteiger partial charge in [-0.25, -0.2) is 0 Å². The minimum absolute atomic E-state index is 0.0522. The molecule has 1 aliphatic carbocycles. The summed E-state index contributed by atoms with van der Waals surface area (Å²) in [6.07, 6.45) is 0.680. The third-order valence-electron chi connectivity index (χ3n) is 7.15. The minimum atomic E-state index is -0.538. The third-order valence-corrected chi connectivity index (χ3v) is 7.15. The van der Waals surface area contributed by atoms with E-state index in [9.17, 15) is 20.2 Å². The van der Waals surface area contributed by atoms with Crippen LogP contribution in [0.4, 0.5) is 11.4 Å². The predicted molar refractivity (Wildman–Crippen MR) is 130 cm³/mol. The maximum atomic E-state index is 11.3. The summed E-state index contributed by atoms with van der Waals surface area (Å²) in [7, 11) is 0. The van der Waals surface area contributed by atoms with E-state index >= 15 is 0 Å². The Labute approximate surface area is 196 Å². The number of fused-ring (bicyclic) bond motifs is 1. The Kier molecular flexibility index (Phi) is 5.01. The molecule has 4 aromatic rings. The molecule has 0 aromatic heterocycles. The van der Waals surface area contributed by atoms with Crippen molar-refractivity contribution in [3.8, 4) is 0 Å². The van der Waals surface area contributed by atoms with E-state index in [1.165, 1.54) is 0 Å². The van der Waals surface area contributed by atoms with Gasteiger partial charge in [-0.3, -0.25) is 20.2 Å². The van der Waals surface area contributed by atoms with Crippen LogP contribution in [-0.4, -0.2) is 9.85 Å². The number of nitro groups is 2. The summed E-state index contributed by atoms with van der Waals surface area (Å²) >= 11 is 0. The molecule has 0 N–H and O–H groups in total. The number of non-ortho nitro benzene ring substituents is 2. The molecule has 168 valence electrons. The van der Waals surface area contributed by atoms with E-state index in [0.29, 0.717) is 6.42 Å². The summed E-state index contributed by atoms with van der Waals surface area (Å²) in [6, 6.07) is 32.1. The van der Waals surface area contributed by atoms with Gasteiger partial charge in [-0.05, 0) is 34.2 Å². The number of hydrogen-bond donors (Lipinski definition) is 0. The van der Waals surface area contributed by atoms with Crippen molar-refractivity contribution in [3.63, 3.8) is 0 Å². The van der Waals surface area contributed by atoms with Crippen molar-refractivity contribution in [2.45, 2.75) is 24.2 Å². The lowest BCUT2D eigenvalue weighted by Crippen LogP contribution is -2.30. The smallest absolute Gasteiger partial charge is 0.258 e. The van der Waals surface area contributed by atoms with Crippen molar-refractivity contribution in [1.82, 2.24) is 0 Å². The first-order valence-electron chi connectivity index (χ1n) is 11.0. The molecule has 5 rings (SSSR count). The van der Waals surface area contributed by atoms with Crippen LogP contribution in [0.2, 0.25) is 0 Å². The van der Waals surface area contributed by atoms with Gasteiger partial charge in [0.25, 0.3) is 11.4 Å². The first-order valence-corrected chi connectivity index (χ1v) is 11.0. The van der Waals surface area contributed by atoms with E-state index in [2.05, 4.69) is 31.2 Å². The van der Waals surface area contributed by atoms with Crippen LogP contribution in [0.15, 0.2) is 103 Å². The first kappa shape index (κ1) is 21.5. The molecule has 6 nitrogen and oxygen atoms in total. The third kappa shape index (κ3) is 3.18. The zero-order valence-electron chi connectivity index (χ0n) is 18.5. The molecule has 2 unspecified atom stereocenters. The first-order chi connectivity index (χ1) is 16.4. The van der Waals surface area contributed by atoms with Crippen molar-refractivity contribution in [2.75, 3.05) is 0 Å². The molecule has 0 heterocycles. The Morgan fingerprint density at radius 1 is 0.588 bits per heavy atom. The van der Waals surface area contributed by atoms with E-state index in [4.69, 9.17) is 0 Å². The summed E-state index contributed by atoms with van der Waals surface area (Å²) < 4.78 is 0. The zero-order valence-corrected chi connectivity index (χ0v) is 18.5. The lowest BCUT2D eigenvalue weighted by molar-refractivity contribution is -0.385.